The molecule has 2 N–H and O–H groups in total. The van der Waals surface area contributed by atoms with Crippen LogP contribution in [0.15, 0.2) is 48.5 Å². The monoisotopic (exact) mass is 455 g/mol. The van der Waals surface area contributed by atoms with Gasteiger partial charge >= 0.3 is 0 Å². The Labute approximate surface area is 196 Å². The van der Waals surface area contributed by atoms with Gasteiger partial charge in [-0.3, -0.25) is 9.59 Å². The number of hydrogen-bond acceptors (Lipinski definition) is 3. The van der Waals surface area contributed by atoms with Gasteiger partial charge in [0.2, 0.25) is 11.8 Å². The number of amides is 2. The van der Waals surface area contributed by atoms with Crippen molar-refractivity contribution in [3.63, 3.8) is 0 Å². The molecule has 1 fully saturated rings. The molecule has 2 aromatic carbocycles. The minimum absolute atomic E-state index is 0.0394. The lowest BCUT2D eigenvalue weighted by molar-refractivity contribution is -0.125. The number of nitrogens with one attached hydrogen (secondary N) is 2. The van der Waals surface area contributed by atoms with E-state index in [4.69, 9.17) is 11.6 Å². The fourth-order valence-electron chi connectivity index (χ4n) is 4.29. The van der Waals surface area contributed by atoms with Crippen molar-refractivity contribution in [2.75, 3.05) is 31.5 Å². The van der Waals surface area contributed by atoms with Gasteiger partial charge in [-0.25, -0.2) is 0 Å². The molecular weight excluding hydrogens is 422 g/mol. The minimum Gasteiger partial charge on any atom is -0.355 e. The fourth-order valence-corrected chi connectivity index (χ4v) is 4.41. The number of benzene rings is 2. The first-order chi connectivity index (χ1) is 15.3. The highest BCUT2D eigenvalue weighted by atomic mass is 35.5. The number of carbonyl (C=O) groups is 2. The predicted molar refractivity (Wildman–Crippen MR) is 131 cm³/mol. The zero-order chi connectivity index (χ0) is 23.1. The fraction of sp³-hybridized carbons (Fsp3) is 0.462. The standard InChI is InChI=1S/C26H34ClN3O2/c1-19(31)29-24-7-4-6-21(18-24)20-12-16-30(17-13-20)15-5-14-28-25(32)26(2,3)22-8-10-23(27)11-9-22/h4,6-11,18,20H,5,12-17H2,1-3H3,(H,28,32)(H,29,31). The Morgan fingerprint density at radius 1 is 1.09 bits per heavy atom. The van der Waals surface area contributed by atoms with E-state index in [2.05, 4.69) is 27.7 Å². The van der Waals surface area contributed by atoms with Gasteiger partial charge in [-0.2, -0.15) is 0 Å². The van der Waals surface area contributed by atoms with E-state index in [1.807, 2.05) is 50.2 Å². The first kappa shape index (κ1) is 24.3. The lowest BCUT2D eigenvalue weighted by Crippen LogP contribution is -2.41. The zero-order valence-corrected chi connectivity index (χ0v) is 20.0. The number of rotatable bonds is 8. The molecule has 0 aromatic heterocycles. The highest BCUT2D eigenvalue weighted by Crippen LogP contribution is 2.29. The van der Waals surface area contributed by atoms with E-state index in [1.165, 1.54) is 12.5 Å². The molecule has 1 aliphatic rings. The summed E-state index contributed by atoms with van der Waals surface area (Å²) in [6.07, 6.45) is 3.16. The average Bonchev–Trinajstić information content (AvgIpc) is 2.77. The van der Waals surface area contributed by atoms with E-state index < -0.39 is 5.41 Å². The summed E-state index contributed by atoms with van der Waals surface area (Å²) in [7, 11) is 0. The van der Waals surface area contributed by atoms with Crippen LogP contribution >= 0.6 is 11.6 Å². The molecule has 0 saturated carbocycles. The Kier molecular flexibility index (Phi) is 8.32. The second-order valence-electron chi connectivity index (χ2n) is 9.16. The number of hydrogen-bond donors (Lipinski definition) is 2. The molecule has 0 atom stereocenters. The number of carbonyl (C=O) groups excluding carboxylic acids is 2. The van der Waals surface area contributed by atoms with Crippen LogP contribution in [-0.4, -0.2) is 42.9 Å². The van der Waals surface area contributed by atoms with Crippen molar-refractivity contribution >= 4 is 29.1 Å². The van der Waals surface area contributed by atoms with E-state index in [1.54, 1.807) is 0 Å². The van der Waals surface area contributed by atoms with Gasteiger partial charge in [0.25, 0.3) is 0 Å². The van der Waals surface area contributed by atoms with Crippen LogP contribution < -0.4 is 10.6 Å². The molecule has 0 bridgehead atoms. The van der Waals surface area contributed by atoms with Crippen molar-refractivity contribution in [2.24, 2.45) is 0 Å². The van der Waals surface area contributed by atoms with Gasteiger partial charge in [0.15, 0.2) is 0 Å². The van der Waals surface area contributed by atoms with E-state index in [9.17, 15) is 9.59 Å². The van der Waals surface area contributed by atoms with Crippen LogP contribution in [0.1, 0.15) is 57.1 Å². The molecule has 5 nitrogen and oxygen atoms in total. The zero-order valence-electron chi connectivity index (χ0n) is 19.3. The SMILES string of the molecule is CC(=O)Nc1cccc(C2CCN(CCCNC(=O)C(C)(C)c3ccc(Cl)cc3)CC2)c1. The van der Waals surface area contributed by atoms with Gasteiger partial charge in [0.05, 0.1) is 5.41 Å². The van der Waals surface area contributed by atoms with Crippen molar-refractivity contribution in [1.82, 2.24) is 10.2 Å². The molecule has 0 spiro atoms. The van der Waals surface area contributed by atoms with Crippen LogP contribution in [0.3, 0.4) is 0 Å². The Bertz CT molecular complexity index is 919. The van der Waals surface area contributed by atoms with Crippen LogP contribution in [0.25, 0.3) is 0 Å². The van der Waals surface area contributed by atoms with Crippen molar-refractivity contribution < 1.29 is 9.59 Å². The highest BCUT2D eigenvalue weighted by Gasteiger charge is 2.29. The molecule has 1 heterocycles. The summed E-state index contributed by atoms with van der Waals surface area (Å²) in [5.74, 6) is 0.526. The van der Waals surface area contributed by atoms with Crippen LogP contribution in [0.2, 0.25) is 5.02 Å². The Morgan fingerprint density at radius 3 is 2.44 bits per heavy atom. The minimum atomic E-state index is -0.589. The largest absolute Gasteiger partial charge is 0.355 e. The number of likely N-dealkylation sites (tertiary alicyclic amines) is 1. The van der Waals surface area contributed by atoms with Crippen LogP contribution in [0.5, 0.6) is 0 Å². The van der Waals surface area contributed by atoms with Crippen LogP contribution in [-0.2, 0) is 15.0 Å². The summed E-state index contributed by atoms with van der Waals surface area (Å²) in [6, 6.07) is 15.7. The molecule has 1 aliphatic heterocycles. The smallest absolute Gasteiger partial charge is 0.230 e. The number of nitrogens with zero attached hydrogens (tertiary/aromatic N) is 1. The predicted octanol–water partition coefficient (Wildman–Crippen LogP) is 4.96. The van der Waals surface area contributed by atoms with Gasteiger partial charge in [0.1, 0.15) is 0 Å². The van der Waals surface area contributed by atoms with E-state index in [-0.39, 0.29) is 11.8 Å². The van der Waals surface area contributed by atoms with E-state index in [0.29, 0.717) is 17.5 Å². The Morgan fingerprint density at radius 2 is 1.78 bits per heavy atom. The summed E-state index contributed by atoms with van der Waals surface area (Å²) in [5, 5.41) is 6.64. The quantitative estimate of drug-likeness (QED) is 0.553. The van der Waals surface area contributed by atoms with E-state index >= 15 is 0 Å². The summed E-state index contributed by atoms with van der Waals surface area (Å²) >= 11 is 5.97. The average molecular weight is 456 g/mol. The summed E-state index contributed by atoms with van der Waals surface area (Å²) in [6.45, 7) is 9.19. The van der Waals surface area contributed by atoms with Crippen molar-refractivity contribution in [2.45, 2.75) is 51.4 Å². The molecule has 2 amide bonds. The second kappa shape index (κ2) is 11.0. The van der Waals surface area contributed by atoms with Gasteiger partial charge in [-0.05, 0) is 94.1 Å². The summed E-state index contributed by atoms with van der Waals surface area (Å²) in [4.78, 5) is 26.5. The molecule has 6 heteroatoms. The molecular formula is C26H34ClN3O2. The lowest BCUT2D eigenvalue weighted by atomic mass is 9.84. The first-order valence-electron chi connectivity index (χ1n) is 11.4. The van der Waals surface area contributed by atoms with Gasteiger partial charge in [-0.15, -0.1) is 0 Å². The molecule has 32 heavy (non-hydrogen) atoms. The number of halogens is 1. The maximum Gasteiger partial charge on any atom is 0.230 e. The third-order valence-corrected chi connectivity index (χ3v) is 6.59. The summed E-state index contributed by atoms with van der Waals surface area (Å²) < 4.78 is 0. The van der Waals surface area contributed by atoms with Crippen molar-refractivity contribution in [1.29, 1.82) is 0 Å². The molecule has 0 unspecified atom stereocenters. The van der Waals surface area contributed by atoms with Crippen molar-refractivity contribution in [3.8, 4) is 0 Å². The molecule has 172 valence electrons. The molecule has 1 saturated heterocycles. The summed E-state index contributed by atoms with van der Waals surface area (Å²) in [5.41, 5.74) is 2.54. The topological polar surface area (TPSA) is 61.4 Å². The van der Waals surface area contributed by atoms with Gasteiger partial charge in [-0.1, -0.05) is 35.9 Å². The normalized spacial score (nSPS) is 15.4. The second-order valence-corrected chi connectivity index (χ2v) is 9.60. The number of anilines is 1. The first-order valence-corrected chi connectivity index (χ1v) is 11.8. The molecule has 2 aromatic rings. The van der Waals surface area contributed by atoms with Crippen LogP contribution in [0, 0.1) is 0 Å². The van der Waals surface area contributed by atoms with Gasteiger partial charge < -0.3 is 15.5 Å². The Hall–Kier alpha value is -2.37. The maximum absolute atomic E-state index is 12.7. The molecule has 0 radical (unpaired) electrons. The molecule has 3 rings (SSSR count). The van der Waals surface area contributed by atoms with E-state index in [0.717, 1.165) is 50.1 Å². The van der Waals surface area contributed by atoms with Crippen LogP contribution in [0.4, 0.5) is 5.69 Å². The maximum atomic E-state index is 12.7. The van der Waals surface area contributed by atoms with Gasteiger partial charge in [0, 0.05) is 24.2 Å². The van der Waals surface area contributed by atoms with Crippen molar-refractivity contribution in [3.05, 3.63) is 64.7 Å². The highest BCUT2D eigenvalue weighted by molar-refractivity contribution is 6.30. The number of piperidine rings is 1. The third kappa shape index (κ3) is 6.57. The lowest BCUT2D eigenvalue weighted by Gasteiger charge is -2.32. The molecule has 0 aliphatic carbocycles. The third-order valence-electron chi connectivity index (χ3n) is 6.34. The Balaban J connectivity index is 1.39.